The molecule has 1 amide bonds. The highest BCUT2D eigenvalue weighted by atomic mass is 35.5. The number of hydrogen-bond acceptors (Lipinski definition) is 2. The predicted molar refractivity (Wildman–Crippen MR) is 80.7 cm³/mol. The van der Waals surface area contributed by atoms with Crippen LogP contribution in [0.2, 0.25) is 5.02 Å². The zero-order valence-electron chi connectivity index (χ0n) is 11.8. The molecule has 0 aromatic heterocycles. The number of aliphatic hydroxyl groups excluding tert-OH is 1. The topological polar surface area (TPSA) is 49.3 Å². The van der Waals surface area contributed by atoms with Crippen molar-refractivity contribution in [2.75, 3.05) is 0 Å². The van der Waals surface area contributed by atoms with Gasteiger partial charge in [-0.25, -0.2) is 0 Å². The van der Waals surface area contributed by atoms with Gasteiger partial charge in [0.05, 0.1) is 6.10 Å². The standard InChI is InChI=1S/C16H22ClNO2/c1-2-15(12-9-14(19)10-12)18-16(20)7-6-11-4-3-5-13(17)8-11/h3-5,8,12,14-15,19H,2,6-7,9-10H2,1H3,(H,18,20). The van der Waals surface area contributed by atoms with Crippen molar-refractivity contribution in [2.45, 2.75) is 51.2 Å². The van der Waals surface area contributed by atoms with E-state index in [9.17, 15) is 9.90 Å². The number of nitrogens with one attached hydrogen (secondary N) is 1. The summed E-state index contributed by atoms with van der Waals surface area (Å²) in [7, 11) is 0. The molecule has 110 valence electrons. The Morgan fingerprint density at radius 2 is 2.25 bits per heavy atom. The van der Waals surface area contributed by atoms with Gasteiger partial charge in [-0.05, 0) is 49.3 Å². The molecule has 0 aliphatic heterocycles. The van der Waals surface area contributed by atoms with Crippen molar-refractivity contribution in [1.29, 1.82) is 0 Å². The van der Waals surface area contributed by atoms with Crippen LogP contribution in [0.4, 0.5) is 0 Å². The smallest absolute Gasteiger partial charge is 0.220 e. The summed E-state index contributed by atoms with van der Waals surface area (Å²) in [6.07, 6.45) is 3.56. The van der Waals surface area contributed by atoms with Crippen LogP contribution in [0.3, 0.4) is 0 Å². The van der Waals surface area contributed by atoms with Crippen molar-refractivity contribution in [3.8, 4) is 0 Å². The Balaban J connectivity index is 1.77. The van der Waals surface area contributed by atoms with E-state index in [1.54, 1.807) is 0 Å². The maximum absolute atomic E-state index is 12.0. The molecular weight excluding hydrogens is 274 g/mol. The first-order chi connectivity index (χ1) is 9.58. The molecule has 1 aliphatic carbocycles. The van der Waals surface area contributed by atoms with E-state index in [2.05, 4.69) is 12.2 Å². The molecule has 20 heavy (non-hydrogen) atoms. The highest BCUT2D eigenvalue weighted by molar-refractivity contribution is 6.30. The molecule has 3 nitrogen and oxygen atoms in total. The van der Waals surface area contributed by atoms with Gasteiger partial charge in [0, 0.05) is 17.5 Å². The van der Waals surface area contributed by atoms with Crippen molar-refractivity contribution in [2.24, 2.45) is 5.92 Å². The number of aliphatic hydroxyl groups is 1. The van der Waals surface area contributed by atoms with Crippen LogP contribution < -0.4 is 5.32 Å². The van der Waals surface area contributed by atoms with Gasteiger partial charge >= 0.3 is 0 Å². The molecule has 0 heterocycles. The lowest BCUT2D eigenvalue weighted by Gasteiger charge is -2.37. The fourth-order valence-corrected chi connectivity index (χ4v) is 2.95. The van der Waals surface area contributed by atoms with Gasteiger partial charge in [-0.2, -0.15) is 0 Å². The first kappa shape index (κ1) is 15.3. The van der Waals surface area contributed by atoms with Crippen LogP contribution in [-0.2, 0) is 11.2 Å². The summed E-state index contributed by atoms with van der Waals surface area (Å²) >= 11 is 5.92. The highest BCUT2D eigenvalue weighted by Gasteiger charge is 2.33. The van der Waals surface area contributed by atoms with Crippen molar-refractivity contribution >= 4 is 17.5 Å². The summed E-state index contributed by atoms with van der Waals surface area (Å²) in [4.78, 5) is 12.0. The summed E-state index contributed by atoms with van der Waals surface area (Å²) in [5.41, 5.74) is 1.08. The van der Waals surface area contributed by atoms with Crippen molar-refractivity contribution in [3.05, 3.63) is 34.9 Å². The van der Waals surface area contributed by atoms with Gasteiger partial charge < -0.3 is 10.4 Å². The number of rotatable bonds is 6. The van der Waals surface area contributed by atoms with Crippen molar-refractivity contribution < 1.29 is 9.90 Å². The van der Waals surface area contributed by atoms with Crippen molar-refractivity contribution in [3.63, 3.8) is 0 Å². The van der Waals surface area contributed by atoms with Crippen LogP contribution in [0.15, 0.2) is 24.3 Å². The summed E-state index contributed by atoms with van der Waals surface area (Å²) in [6, 6.07) is 7.82. The molecular formula is C16H22ClNO2. The number of carbonyl (C=O) groups excluding carboxylic acids is 1. The van der Waals surface area contributed by atoms with Crippen LogP contribution >= 0.6 is 11.6 Å². The van der Waals surface area contributed by atoms with E-state index in [1.807, 2.05) is 24.3 Å². The average molecular weight is 296 g/mol. The normalized spacial score (nSPS) is 22.9. The minimum atomic E-state index is -0.169. The van der Waals surface area contributed by atoms with Crippen LogP contribution in [0.1, 0.15) is 38.2 Å². The number of carbonyl (C=O) groups is 1. The van der Waals surface area contributed by atoms with Crippen molar-refractivity contribution in [1.82, 2.24) is 5.32 Å². The predicted octanol–water partition coefficient (Wildman–Crippen LogP) is 2.94. The fraction of sp³-hybridized carbons (Fsp3) is 0.562. The number of aryl methyl sites for hydroxylation is 1. The number of halogens is 1. The molecule has 1 aromatic carbocycles. The highest BCUT2D eigenvalue weighted by Crippen LogP contribution is 2.31. The van der Waals surface area contributed by atoms with E-state index in [0.717, 1.165) is 24.8 Å². The van der Waals surface area contributed by atoms with Gasteiger partial charge in [0.15, 0.2) is 0 Å². The third-order valence-corrected chi connectivity index (χ3v) is 4.27. The number of amides is 1. The second kappa shape index (κ2) is 7.09. The summed E-state index contributed by atoms with van der Waals surface area (Å²) < 4.78 is 0. The molecule has 2 N–H and O–H groups in total. The monoisotopic (exact) mass is 295 g/mol. The van der Waals surface area contributed by atoms with Crippen LogP contribution in [0.25, 0.3) is 0 Å². The van der Waals surface area contributed by atoms with Crippen LogP contribution in [-0.4, -0.2) is 23.2 Å². The average Bonchev–Trinajstić information content (AvgIpc) is 2.39. The molecule has 4 heteroatoms. The van der Waals surface area contributed by atoms with E-state index in [4.69, 9.17) is 11.6 Å². The van der Waals surface area contributed by atoms with Gasteiger partial charge in [0.2, 0.25) is 5.91 Å². The first-order valence-corrected chi connectivity index (χ1v) is 7.68. The summed E-state index contributed by atoms with van der Waals surface area (Å²) in [5, 5.41) is 13.1. The lowest BCUT2D eigenvalue weighted by atomic mass is 9.76. The Hall–Kier alpha value is -1.06. The first-order valence-electron chi connectivity index (χ1n) is 7.30. The van der Waals surface area contributed by atoms with Gasteiger partial charge in [-0.15, -0.1) is 0 Å². The second-order valence-corrected chi connectivity index (χ2v) is 6.03. The Morgan fingerprint density at radius 3 is 2.85 bits per heavy atom. The van der Waals surface area contributed by atoms with Gasteiger partial charge in [0.25, 0.3) is 0 Å². The maximum Gasteiger partial charge on any atom is 0.220 e. The molecule has 1 saturated carbocycles. The zero-order valence-corrected chi connectivity index (χ0v) is 12.6. The van der Waals surface area contributed by atoms with Gasteiger partial charge in [0.1, 0.15) is 0 Å². The molecule has 0 radical (unpaired) electrons. The Bertz CT molecular complexity index is 458. The van der Waals surface area contributed by atoms with E-state index in [0.29, 0.717) is 23.8 Å². The molecule has 1 aliphatic rings. The largest absolute Gasteiger partial charge is 0.393 e. The van der Waals surface area contributed by atoms with Gasteiger partial charge in [-0.3, -0.25) is 4.79 Å². The van der Waals surface area contributed by atoms with E-state index < -0.39 is 0 Å². The molecule has 1 aromatic rings. The molecule has 2 rings (SSSR count). The number of hydrogen-bond donors (Lipinski definition) is 2. The fourth-order valence-electron chi connectivity index (χ4n) is 2.74. The van der Waals surface area contributed by atoms with Gasteiger partial charge in [-0.1, -0.05) is 30.7 Å². The Labute approximate surface area is 125 Å². The van der Waals surface area contributed by atoms with E-state index in [1.165, 1.54) is 0 Å². The lowest BCUT2D eigenvalue weighted by Crippen LogP contribution is -2.46. The maximum atomic E-state index is 12.0. The molecule has 0 spiro atoms. The molecule has 0 saturated heterocycles. The molecule has 1 unspecified atom stereocenters. The SMILES string of the molecule is CCC(NC(=O)CCc1cccc(Cl)c1)C1CC(O)C1. The second-order valence-electron chi connectivity index (χ2n) is 5.60. The van der Waals surface area contributed by atoms with Crippen LogP contribution in [0.5, 0.6) is 0 Å². The molecule has 0 bridgehead atoms. The minimum Gasteiger partial charge on any atom is -0.393 e. The Morgan fingerprint density at radius 1 is 1.50 bits per heavy atom. The van der Waals surface area contributed by atoms with E-state index >= 15 is 0 Å². The lowest BCUT2D eigenvalue weighted by molar-refractivity contribution is -0.123. The number of benzene rings is 1. The quantitative estimate of drug-likeness (QED) is 0.848. The zero-order chi connectivity index (χ0) is 14.5. The van der Waals surface area contributed by atoms with E-state index in [-0.39, 0.29) is 18.1 Å². The minimum absolute atomic E-state index is 0.0817. The summed E-state index contributed by atoms with van der Waals surface area (Å²) in [6.45, 7) is 2.08. The Kier molecular flexibility index (Phi) is 5.44. The third-order valence-electron chi connectivity index (χ3n) is 4.03. The summed E-state index contributed by atoms with van der Waals surface area (Å²) in [5.74, 6) is 0.517. The molecule has 1 atom stereocenters. The van der Waals surface area contributed by atoms with Crippen LogP contribution in [0, 0.1) is 5.92 Å². The molecule has 1 fully saturated rings. The third kappa shape index (κ3) is 4.22.